The highest BCUT2D eigenvalue weighted by Crippen LogP contribution is 2.27. The number of ether oxygens (including phenoxy) is 1. The molecule has 1 aliphatic rings. The minimum atomic E-state index is 0.677. The summed E-state index contributed by atoms with van der Waals surface area (Å²) in [5, 5.41) is 11.4. The second-order valence-corrected chi connectivity index (χ2v) is 6.29. The number of aromatic nitrogens is 2. The van der Waals surface area contributed by atoms with Gasteiger partial charge in [0.25, 0.3) is 0 Å². The average Bonchev–Trinajstić information content (AvgIpc) is 3.10. The molecule has 0 aliphatic carbocycles. The lowest BCUT2D eigenvalue weighted by atomic mass is 10.1. The smallest absolute Gasteiger partial charge is 0.154 e. The number of nitrogens with one attached hydrogen (secondary N) is 2. The van der Waals surface area contributed by atoms with Crippen LogP contribution in [0.4, 0.5) is 5.69 Å². The first-order valence-corrected chi connectivity index (χ1v) is 8.49. The number of hydrogen-bond donors (Lipinski definition) is 2. The minimum absolute atomic E-state index is 0.677. The Bertz CT molecular complexity index is 881. The maximum atomic E-state index is 5.74. The van der Waals surface area contributed by atoms with Gasteiger partial charge >= 0.3 is 0 Å². The summed E-state index contributed by atoms with van der Waals surface area (Å²) in [6.45, 7) is 5.03. The molecule has 0 amide bonds. The van der Waals surface area contributed by atoms with Gasteiger partial charge in [0.2, 0.25) is 0 Å². The lowest BCUT2D eigenvalue weighted by molar-refractivity contribution is 0.326. The van der Waals surface area contributed by atoms with Crippen LogP contribution in [0.15, 0.2) is 40.9 Å². The molecule has 0 unspecified atom stereocenters. The van der Waals surface area contributed by atoms with Crippen molar-refractivity contribution in [3.63, 3.8) is 0 Å². The Morgan fingerprint density at radius 3 is 3.04 bits per heavy atom. The van der Waals surface area contributed by atoms with Crippen molar-refractivity contribution < 1.29 is 9.15 Å². The predicted octanol–water partition coefficient (Wildman–Crippen LogP) is 3.08. The van der Waals surface area contributed by atoms with Gasteiger partial charge in [-0.15, -0.1) is 0 Å². The number of hydrogen-bond acceptors (Lipinski definition) is 5. The highest BCUT2D eigenvalue weighted by atomic mass is 16.5. The Balaban J connectivity index is 1.53. The first-order chi connectivity index (χ1) is 12.2. The van der Waals surface area contributed by atoms with Crippen molar-refractivity contribution in [3.05, 3.63) is 53.4 Å². The van der Waals surface area contributed by atoms with Crippen LogP contribution in [-0.4, -0.2) is 22.9 Å². The zero-order chi connectivity index (χ0) is 17.2. The number of nitrogens with zero attached hydrogens (tertiary/aromatic N) is 2. The van der Waals surface area contributed by atoms with Crippen LogP contribution in [0.3, 0.4) is 0 Å². The first-order valence-electron chi connectivity index (χ1n) is 8.49. The normalized spacial score (nSPS) is 13.8. The molecule has 0 saturated carbocycles. The van der Waals surface area contributed by atoms with Gasteiger partial charge in [0.1, 0.15) is 23.8 Å². The number of anilines is 1. The third-order valence-corrected chi connectivity index (χ3v) is 4.27. The van der Waals surface area contributed by atoms with E-state index in [1.165, 1.54) is 5.56 Å². The van der Waals surface area contributed by atoms with Gasteiger partial charge in [-0.2, -0.15) is 5.10 Å². The van der Waals surface area contributed by atoms with Crippen molar-refractivity contribution in [2.24, 2.45) is 7.05 Å². The predicted molar refractivity (Wildman–Crippen MR) is 96.6 cm³/mol. The van der Waals surface area contributed by atoms with E-state index in [9.17, 15) is 0 Å². The van der Waals surface area contributed by atoms with Gasteiger partial charge in [0.05, 0.1) is 0 Å². The van der Waals surface area contributed by atoms with E-state index in [0.717, 1.165) is 47.3 Å². The molecule has 0 saturated heterocycles. The lowest BCUT2D eigenvalue weighted by Crippen LogP contribution is -2.16. The van der Waals surface area contributed by atoms with Crippen molar-refractivity contribution in [3.8, 4) is 17.2 Å². The van der Waals surface area contributed by atoms with Crippen LogP contribution >= 0.6 is 0 Å². The molecular formula is C19H22N4O2. The molecule has 2 aromatic heterocycles. The molecule has 2 N–H and O–H groups in total. The second kappa shape index (κ2) is 6.64. The zero-order valence-corrected chi connectivity index (χ0v) is 14.5. The molecule has 1 aliphatic heterocycles. The van der Waals surface area contributed by atoms with E-state index in [4.69, 9.17) is 9.15 Å². The van der Waals surface area contributed by atoms with Crippen molar-refractivity contribution in [2.75, 3.05) is 18.5 Å². The molecule has 25 heavy (non-hydrogen) atoms. The number of fused-ring (bicyclic) bond motifs is 1. The molecule has 0 spiro atoms. The molecule has 0 bridgehead atoms. The quantitative estimate of drug-likeness (QED) is 0.765. The Hall–Kier alpha value is -2.73. The molecule has 4 rings (SSSR count). The van der Waals surface area contributed by atoms with Crippen molar-refractivity contribution >= 4 is 5.69 Å². The molecule has 3 aromatic rings. The molecule has 0 radical (unpaired) electrons. The lowest BCUT2D eigenvalue weighted by Gasteiger charge is -2.11. The van der Waals surface area contributed by atoms with Gasteiger partial charge in [-0.25, -0.2) is 0 Å². The van der Waals surface area contributed by atoms with E-state index in [2.05, 4.69) is 27.9 Å². The highest BCUT2D eigenvalue weighted by Gasteiger charge is 2.14. The summed E-state index contributed by atoms with van der Waals surface area (Å²) in [6, 6.07) is 10.1. The van der Waals surface area contributed by atoms with Gasteiger partial charge in [-0.1, -0.05) is 0 Å². The third-order valence-electron chi connectivity index (χ3n) is 4.27. The molecule has 0 fully saturated rings. The second-order valence-electron chi connectivity index (χ2n) is 6.29. The van der Waals surface area contributed by atoms with E-state index in [1.54, 1.807) is 0 Å². The fourth-order valence-electron chi connectivity index (χ4n) is 3.06. The van der Waals surface area contributed by atoms with Crippen LogP contribution in [0, 0.1) is 6.92 Å². The zero-order valence-electron chi connectivity index (χ0n) is 14.5. The summed E-state index contributed by atoms with van der Waals surface area (Å²) in [5.74, 6) is 2.65. The van der Waals surface area contributed by atoms with E-state index in [1.807, 2.05) is 43.0 Å². The van der Waals surface area contributed by atoms with Crippen LogP contribution in [-0.2, 0) is 20.1 Å². The summed E-state index contributed by atoms with van der Waals surface area (Å²) in [4.78, 5) is 0. The van der Waals surface area contributed by atoms with E-state index in [0.29, 0.717) is 13.2 Å². The molecular weight excluding hydrogens is 316 g/mol. The van der Waals surface area contributed by atoms with Gasteiger partial charge in [0, 0.05) is 49.7 Å². The SMILES string of the molecule is Cc1ccc(-c2nn(C)cc2CNc2ccc3c(c2)CNCCO3)o1. The highest BCUT2D eigenvalue weighted by molar-refractivity contribution is 5.58. The van der Waals surface area contributed by atoms with Crippen LogP contribution in [0.2, 0.25) is 0 Å². The number of furan rings is 1. The Labute approximate surface area is 146 Å². The fraction of sp³-hybridized carbons (Fsp3) is 0.316. The number of benzene rings is 1. The molecule has 6 nitrogen and oxygen atoms in total. The summed E-state index contributed by atoms with van der Waals surface area (Å²) in [5.41, 5.74) is 4.22. The monoisotopic (exact) mass is 338 g/mol. The third kappa shape index (κ3) is 3.39. The van der Waals surface area contributed by atoms with Crippen LogP contribution in [0.1, 0.15) is 16.9 Å². The maximum absolute atomic E-state index is 5.74. The van der Waals surface area contributed by atoms with Gasteiger partial charge in [0.15, 0.2) is 5.76 Å². The van der Waals surface area contributed by atoms with Crippen LogP contribution in [0.25, 0.3) is 11.5 Å². The molecule has 3 heterocycles. The fourth-order valence-corrected chi connectivity index (χ4v) is 3.06. The van der Waals surface area contributed by atoms with Gasteiger partial charge < -0.3 is 19.8 Å². The van der Waals surface area contributed by atoms with Gasteiger partial charge in [-0.3, -0.25) is 4.68 Å². The Morgan fingerprint density at radius 2 is 2.20 bits per heavy atom. The van der Waals surface area contributed by atoms with Crippen molar-refractivity contribution in [1.82, 2.24) is 15.1 Å². The van der Waals surface area contributed by atoms with E-state index >= 15 is 0 Å². The maximum Gasteiger partial charge on any atom is 0.154 e. The largest absolute Gasteiger partial charge is 0.492 e. The Kier molecular flexibility index (Phi) is 4.19. The topological polar surface area (TPSA) is 64.2 Å². The van der Waals surface area contributed by atoms with Gasteiger partial charge in [-0.05, 0) is 37.3 Å². The Morgan fingerprint density at radius 1 is 1.28 bits per heavy atom. The summed E-state index contributed by atoms with van der Waals surface area (Å²) in [6.07, 6.45) is 2.02. The number of rotatable bonds is 4. The average molecular weight is 338 g/mol. The van der Waals surface area contributed by atoms with Crippen molar-refractivity contribution in [2.45, 2.75) is 20.0 Å². The van der Waals surface area contributed by atoms with E-state index < -0.39 is 0 Å². The summed E-state index contributed by atoms with van der Waals surface area (Å²) in [7, 11) is 1.92. The standard InChI is InChI=1S/C19H22N4O2/c1-13-3-5-18(25-13)19-15(12-23(2)22-19)11-21-16-4-6-17-14(9-16)10-20-7-8-24-17/h3-6,9,12,20-21H,7-8,10-11H2,1-2H3. The van der Waals surface area contributed by atoms with Crippen LogP contribution in [0.5, 0.6) is 5.75 Å². The summed E-state index contributed by atoms with van der Waals surface area (Å²) >= 11 is 0. The molecule has 0 atom stereocenters. The van der Waals surface area contributed by atoms with Crippen molar-refractivity contribution in [1.29, 1.82) is 0 Å². The number of aryl methyl sites for hydroxylation is 2. The molecule has 6 heteroatoms. The first kappa shape index (κ1) is 15.8. The minimum Gasteiger partial charge on any atom is -0.492 e. The molecule has 1 aromatic carbocycles. The summed E-state index contributed by atoms with van der Waals surface area (Å²) < 4.78 is 13.3. The van der Waals surface area contributed by atoms with Crippen LogP contribution < -0.4 is 15.4 Å². The molecule has 130 valence electrons. The van der Waals surface area contributed by atoms with E-state index in [-0.39, 0.29) is 0 Å².